The number of benzene rings is 4. The zero-order valence-corrected chi connectivity index (χ0v) is 20.5. The summed E-state index contributed by atoms with van der Waals surface area (Å²) in [6, 6.07) is 25.9. The van der Waals surface area contributed by atoms with Crippen LogP contribution in [0.3, 0.4) is 0 Å². The molecule has 3 heterocycles. The van der Waals surface area contributed by atoms with Gasteiger partial charge in [0.25, 0.3) is 0 Å². The molecule has 34 heavy (non-hydrogen) atoms. The molecule has 0 aliphatic carbocycles. The zero-order chi connectivity index (χ0) is 23.2. The van der Waals surface area contributed by atoms with E-state index in [4.69, 9.17) is 14.3 Å². The number of rotatable bonds is 1. The zero-order valence-electron chi connectivity index (χ0n) is 19.7. The maximum absolute atomic E-state index is 6.48. The molecule has 0 unspecified atom stereocenters. The van der Waals surface area contributed by atoms with Gasteiger partial charge in [-0.1, -0.05) is 66.7 Å². The Kier molecular flexibility index (Phi) is 4.07. The Morgan fingerprint density at radius 1 is 0.647 bits per heavy atom. The smallest absolute Gasteiger partial charge is 0.398 e. The summed E-state index contributed by atoms with van der Waals surface area (Å²) in [6.45, 7) is 8.36. The molecular weight excluding hydrogens is 437 g/mol. The van der Waals surface area contributed by atoms with Crippen LogP contribution in [0.25, 0.3) is 52.6 Å². The van der Waals surface area contributed by atoms with E-state index in [0.717, 1.165) is 16.5 Å². The summed E-state index contributed by atoms with van der Waals surface area (Å²) in [5.41, 5.74) is 1.03. The summed E-state index contributed by atoms with van der Waals surface area (Å²) in [4.78, 5) is 5.35. The Balaban J connectivity index is 1.69. The third-order valence-electron chi connectivity index (χ3n) is 7.69. The van der Waals surface area contributed by atoms with Crippen molar-refractivity contribution in [2.24, 2.45) is 0 Å². The van der Waals surface area contributed by atoms with E-state index in [1.165, 1.54) is 41.7 Å². The molecular formula is C29H24BNO2S. The highest BCUT2D eigenvalue weighted by molar-refractivity contribution is 7.27. The molecule has 1 aliphatic rings. The Morgan fingerprint density at radius 3 is 1.79 bits per heavy atom. The first kappa shape index (κ1) is 20.4. The van der Waals surface area contributed by atoms with Crippen molar-refractivity contribution in [3.8, 4) is 0 Å². The van der Waals surface area contributed by atoms with Crippen LogP contribution in [0.1, 0.15) is 27.7 Å². The van der Waals surface area contributed by atoms with E-state index >= 15 is 0 Å². The van der Waals surface area contributed by atoms with Gasteiger partial charge in [0.2, 0.25) is 0 Å². The fourth-order valence-corrected chi connectivity index (χ4v) is 6.47. The molecule has 7 rings (SSSR count). The largest absolute Gasteiger partial charge is 0.515 e. The van der Waals surface area contributed by atoms with E-state index < -0.39 is 18.3 Å². The minimum atomic E-state index is -0.518. The summed E-state index contributed by atoms with van der Waals surface area (Å²) in [6.07, 6.45) is 0. The van der Waals surface area contributed by atoms with Crippen molar-refractivity contribution in [1.29, 1.82) is 0 Å². The Hall–Kier alpha value is -2.99. The molecule has 4 aromatic carbocycles. The molecule has 6 aromatic rings. The molecule has 3 nitrogen and oxygen atoms in total. The van der Waals surface area contributed by atoms with Gasteiger partial charge < -0.3 is 9.31 Å². The SMILES string of the molecule is CC1(C)OB(c2nc3c4sc5ccccc5c4c4ccccc4c3c3ccccc23)OC1(C)C. The van der Waals surface area contributed by atoms with Crippen molar-refractivity contribution in [2.75, 3.05) is 0 Å². The highest BCUT2D eigenvalue weighted by atomic mass is 32.1. The monoisotopic (exact) mass is 461 g/mol. The van der Waals surface area contributed by atoms with Crippen LogP contribution < -0.4 is 5.59 Å². The molecule has 0 saturated carbocycles. The Labute approximate surface area is 202 Å². The van der Waals surface area contributed by atoms with E-state index in [-0.39, 0.29) is 0 Å². The van der Waals surface area contributed by atoms with Gasteiger partial charge in [0.15, 0.2) is 0 Å². The van der Waals surface area contributed by atoms with Crippen LogP contribution in [0.4, 0.5) is 0 Å². The molecule has 1 saturated heterocycles. The van der Waals surface area contributed by atoms with E-state index in [1.54, 1.807) is 0 Å². The lowest BCUT2D eigenvalue weighted by Crippen LogP contribution is -2.41. The first-order valence-electron chi connectivity index (χ1n) is 11.8. The molecule has 0 bridgehead atoms. The summed E-state index contributed by atoms with van der Waals surface area (Å²) in [5.74, 6) is 0. The van der Waals surface area contributed by atoms with Crippen LogP contribution in [0, 0.1) is 0 Å². The number of aromatic nitrogens is 1. The topological polar surface area (TPSA) is 31.4 Å². The average Bonchev–Trinajstić information content (AvgIpc) is 3.32. The summed E-state index contributed by atoms with van der Waals surface area (Å²) >= 11 is 1.82. The molecule has 2 aromatic heterocycles. The van der Waals surface area contributed by atoms with Gasteiger partial charge in [-0.15, -0.1) is 11.3 Å². The van der Waals surface area contributed by atoms with Gasteiger partial charge in [0.1, 0.15) is 0 Å². The van der Waals surface area contributed by atoms with Crippen LogP contribution in [-0.4, -0.2) is 23.3 Å². The van der Waals surface area contributed by atoms with Crippen molar-refractivity contribution in [2.45, 2.75) is 38.9 Å². The molecule has 0 atom stereocenters. The van der Waals surface area contributed by atoms with E-state index in [0.29, 0.717) is 0 Å². The number of pyridine rings is 1. The third-order valence-corrected chi connectivity index (χ3v) is 8.87. The van der Waals surface area contributed by atoms with Crippen molar-refractivity contribution < 1.29 is 9.31 Å². The van der Waals surface area contributed by atoms with Gasteiger partial charge in [-0.2, -0.15) is 0 Å². The average molecular weight is 461 g/mol. The second-order valence-corrected chi connectivity index (χ2v) is 11.3. The summed E-state index contributed by atoms with van der Waals surface area (Å²) < 4.78 is 15.5. The van der Waals surface area contributed by atoms with Gasteiger partial charge in [0, 0.05) is 26.2 Å². The van der Waals surface area contributed by atoms with Crippen LogP contribution >= 0.6 is 11.3 Å². The van der Waals surface area contributed by atoms with Crippen LogP contribution in [0.15, 0.2) is 72.8 Å². The number of hydrogen-bond acceptors (Lipinski definition) is 4. The van der Waals surface area contributed by atoms with E-state index in [2.05, 4.69) is 100 Å². The predicted octanol–water partition coefficient (Wildman–Crippen LogP) is 7.21. The fourth-order valence-electron chi connectivity index (χ4n) is 5.26. The molecule has 0 amide bonds. The summed E-state index contributed by atoms with van der Waals surface area (Å²) in [5, 5.41) is 8.55. The minimum absolute atomic E-state index is 0.425. The van der Waals surface area contributed by atoms with Gasteiger partial charge in [-0.3, -0.25) is 4.98 Å². The maximum Gasteiger partial charge on any atom is 0.515 e. The standard InChI is InChI=1S/C29H24BNO2S/c1-28(2)29(3,4)33-30(32-28)27-20-14-8-7-13-19(20)23-17-11-5-6-12-18(17)24-21-15-9-10-16-22(21)34-26(24)25(23)31-27/h5-16H,1-4H3. The maximum atomic E-state index is 6.48. The van der Waals surface area contributed by atoms with Gasteiger partial charge in [0.05, 0.1) is 27.0 Å². The van der Waals surface area contributed by atoms with E-state index in [9.17, 15) is 0 Å². The number of nitrogens with zero attached hydrogens (tertiary/aromatic N) is 1. The molecule has 1 aliphatic heterocycles. The van der Waals surface area contributed by atoms with Crippen LogP contribution in [-0.2, 0) is 9.31 Å². The molecule has 166 valence electrons. The highest BCUT2D eigenvalue weighted by Gasteiger charge is 2.53. The van der Waals surface area contributed by atoms with Crippen molar-refractivity contribution in [3.63, 3.8) is 0 Å². The summed E-state index contributed by atoms with van der Waals surface area (Å²) in [7, 11) is -0.518. The lowest BCUT2D eigenvalue weighted by atomic mass is 9.80. The van der Waals surface area contributed by atoms with Crippen molar-refractivity contribution >= 4 is 76.7 Å². The van der Waals surface area contributed by atoms with Gasteiger partial charge in [-0.25, -0.2) is 0 Å². The molecule has 5 heteroatoms. The first-order chi connectivity index (χ1) is 16.4. The lowest BCUT2D eigenvalue weighted by molar-refractivity contribution is 0.00578. The van der Waals surface area contributed by atoms with Crippen molar-refractivity contribution in [3.05, 3.63) is 72.8 Å². The minimum Gasteiger partial charge on any atom is -0.398 e. The quantitative estimate of drug-likeness (QED) is 0.192. The molecule has 1 fully saturated rings. The molecule has 0 spiro atoms. The highest BCUT2D eigenvalue weighted by Crippen LogP contribution is 2.45. The first-order valence-corrected chi connectivity index (χ1v) is 12.6. The van der Waals surface area contributed by atoms with E-state index in [1.807, 2.05) is 11.3 Å². The number of thiophene rings is 1. The lowest BCUT2D eigenvalue weighted by Gasteiger charge is -2.32. The van der Waals surface area contributed by atoms with Gasteiger partial charge in [-0.05, 0) is 49.9 Å². The predicted molar refractivity (Wildman–Crippen MR) is 145 cm³/mol. The Bertz CT molecular complexity index is 1770. The van der Waals surface area contributed by atoms with Crippen LogP contribution in [0.2, 0.25) is 0 Å². The molecule has 0 N–H and O–H groups in total. The van der Waals surface area contributed by atoms with Gasteiger partial charge >= 0.3 is 7.12 Å². The molecule has 0 radical (unpaired) electrons. The van der Waals surface area contributed by atoms with Crippen molar-refractivity contribution in [1.82, 2.24) is 4.98 Å². The number of fused-ring (bicyclic) bond motifs is 10. The second kappa shape index (κ2) is 6.79. The Morgan fingerprint density at radius 2 is 1.15 bits per heavy atom. The fraction of sp³-hybridized carbons (Fsp3) is 0.207. The number of hydrogen-bond donors (Lipinski definition) is 0. The third kappa shape index (κ3) is 2.63. The van der Waals surface area contributed by atoms with Crippen LogP contribution in [0.5, 0.6) is 0 Å². The second-order valence-electron chi connectivity index (χ2n) is 10.2. The normalized spacial score (nSPS) is 17.6.